The largest absolute Gasteiger partial charge is 0.494 e. The predicted octanol–water partition coefficient (Wildman–Crippen LogP) is 5.34. The van der Waals surface area contributed by atoms with Gasteiger partial charge in [-0.2, -0.15) is 5.10 Å². The van der Waals surface area contributed by atoms with E-state index in [0.29, 0.717) is 18.1 Å². The summed E-state index contributed by atoms with van der Waals surface area (Å²) in [5, 5.41) is 7.10. The minimum Gasteiger partial charge on any atom is -0.494 e. The van der Waals surface area contributed by atoms with E-state index in [2.05, 4.69) is 11.1 Å². The molecule has 0 bridgehead atoms. The molecule has 0 saturated carbocycles. The number of nitrogens with zero attached hydrogens (tertiary/aromatic N) is 2. The van der Waals surface area contributed by atoms with Crippen molar-refractivity contribution >= 4 is 5.71 Å². The smallest absolute Gasteiger partial charge is 0.213 e. The van der Waals surface area contributed by atoms with E-state index in [1.165, 1.54) is 0 Å². The van der Waals surface area contributed by atoms with Crippen LogP contribution in [0.3, 0.4) is 0 Å². The van der Waals surface area contributed by atoms with Crippen LogP contribution < -0.4 is 18.9 Å². The number of rotatable bonds is 6. The van der Waals surface area contributed by atoms with E-state index in [4.69, 9.17) is 24.0 Å². The van der Waals surface area contributed by atoms with Gasteiger partial charge in [-0.25, -0.2) is 5.01 Å². The molecule has 0 unspecified atom stereocenters. The van der Waals surface area contributed by atoms with Crippen LogP contribution in [0.4, 0.5) is 0 Å². The van der Waals surface area contributed by atoms with Crippen molar-refractivity contribution in [2.45, 2.75) is 25.6 Å². The molecule has 32 heavy (non-hydrogen) atoms. The van der Waals surface area contributed by atoms with Crippen LogP contribution >= 0.6 is 0 Å². The van der Waals surface area contributed by atoms with E-state index in [9.17, 15) is 0 Å². The van der Waals surface area contributed by atoms with E-state index in [1.807, 2.05) is 67.6 Å². The molecular weight excluding hydrogens is 404 g/mol. The number of fused-ring (bicyclic) bond motifs is 3. The number of hydrazone groups is 1. The van der Waals surface area contributed by atoms with Gasteiger partial charge in [0.1, 0.15) is 11.5 Å². The van der Waals surface area contributed by atoms with Crippen molar-refractivity contribution in [3.63, 3.8) is 0 Å². The standard InChI is InChI=1S/C26H26N2O4/c1-4-31-19-12-9-17(10-13-19)26-28-22(20-7-5-6-8-23(20)32-26)16-21(27-28)18-11-14-24(29-2)25(15-18)30-3/h5-15,22,26H,4,16H2,1-3H3/t22-,26+/m1/s1. The van der Waals surface area contributed by atoms with Gasteiger partial charge < -0.3 is 18.9 Å². The van der Waals surface area contributed by atoms with Gasteiger partial charge in [0.15, 0.2) is 11.5 Å². The number of benzene rings is 3. The molecule has 2 aliphatic heterocycles. The third-order valence-electron chi connectivity index (χ3n) is 5.89. The summed E-state index contributed by atoms with van der Waals surface area (Å²) in [6, 6.07) is 22.3. The highest BCUT2D eigenvalue weighted by atomic mass is 16.5. The van der Waals surface area contributed by atoms with Gasteiger partial charge >= 0.3 is 0 Å². The highest BCUT2D eigenvalue weighted by Crippen LogP contribution is 2.47. The van der Waals surface area contributed by atoms with E-state index in [-0.39, 0.29) is 12.3 Å². The first-order valence-electron chi connectivity index (χ1n) is 10.8. The Balaban J connectivity index is 1.53. The lowest BCUT2D eigenvalue weighted by atomic mass is 9.96. The SMILES string of the molecule is CCOc1ccc([C@@H]2Oc3ccccc3[C@H]3CC(c4ccc(OC)c(OC)c4)=NN32)cc1. The van der Waals surface area contributed by atoms with Gasteiger partial charge in [-0.05, 0) is 55.5 Å². The third kappa shape index (κ3) is 3.51. The van der Waals surface area contributed by atoms with Crippen LogP contribution in [0.15, 0.2) is 71.8 Å². The number of hydrogen-bond acceptors (Lipinski definition) is 6. The summed E-state index contributed by atoms with van der Waals surface area (Å²) in [6.45, 7) is 2.62. The lowest BCUT2D eigenvalue weighted by Crippen LogP contribution is -2.33. The molecule has 0 spiro atoms. The van der Waals surface area contributed by atoms with E-state index in [0.717, 1.165) is 40.3 Å². The van der Waals surface area contributed by atoms with Crippen molar-refractivity contribution in [2.75, 3.05) is 20.8 Å². The lowest BCUT2D eigenvalue weighted by molar-refractivity contribution is -0.0190. The maximum atomic E-state index is 6.43. The second-order valence-electron chi connectivity index (χ2n) is 7.73. The fourth-order valence-corrected chi connectivity index (χ4v) is 4.34. The molecule has 164 valence electrons. The van der Waals surface area contributed by atoms with Crippen molar-refractivity contribution in [1.82, 2.24) is 5.01 Å². The first-order chi connectivity index (χ1) is 15.7. The Kier molecular flexibility index (Phi) is 5.35. The van der Waals surface area contributed by atoms with E-state index >= 15 is 0 Å². The number of hydrogen-bond donors (Lipinski definition) is 0. The van der Waals surface area contributed by atoms with Gasteiger partial charge in [0, 0.05) is 23.1 Å². The maximum Gasteiger partial charge on any atom is 0.213 e. The normalized spacial score (nSPS) is 18.8. The molecule has 2 heterocycles. The quantitative estimate of drug-likeness (QED) is 0.528. The molecule has 0 saturated heterocycles. The van der Waals surface area contributed by atoms with Gasteiger partial charge in [0.2, 0.25) is 6.23 Å². The molecule has 6 heteroatoms. The zero-order valence-electron chi connectivity index (χ0n) is 18.4. The van der Waals surface area contributed by atoms with Crippen LogP contribution in [0.5, 0.6) is 23.0 Å². The fraction of sp³-hybridized carbons (Fsp3) is 0.269. The second kappa shape index (κ2) is 8.46. The molecule has 3 aromatic rings. The third-order valence-corrected chi connectivity index (χ3v) is 5.89. The van der Waals surface area contributed by atoms with Crippen molar-refractivity contribution in [3.8, 4) is 23.0 Å². The van der Waals surface area contributed by atoms with Crippen LogP contribution in [0.25, 0.3) is 0 Å². The molecule has 3 aromatic carbocycles. The summed E-state index contributed by atoms with van der Waals surface area (Å²) in [5.74, 6) is 3.14. The first kappa shape index (κ1) is 20.2. The van der Waals surface area contributed by atoms with Gasteiger partial charge in [0.05, 0.1) is 32.6 Å². The highest BCUT2D eigenvalue weighted by Gasteiger charge is 2.40. The van der Waals surface area contributed by atoms with Crippen molar-refractivity contribution in [3.05, 3.63) is 83.4 Å². The van der Waals surface area contributed by atoms with Crippen molar-refractivity contribution < 1.29 is 18.9 Å². The van der Waals surface area contributed by atoms with Gasteiger partial charge in [0.25, 0.3) is 0 Å². The summed E-state index contributed by atoms with van der Waals surface area (Å²) < 4.78 is 22.9. The van der Waals surface area contributed by atoms with Crippen LogP contribution in [0.2, 0.25) is 0 Å². The number of para-hydroxylation sites is 1. The Bertz CT molecular complexity index is 1140. The number of ether oxygens (including phenoxy) is 4. The Hall–Kier alpha value is -3.67. The molecule has 0 aliphatic carbocycles. The zero-order chi connectivity index (χ0) is 22.1. The highest BCUT2D eigenvalue weighted by molar-refractivity contribution is 6.02. The zero-order valence-corrected chi connectivity index (χ0v) is 18.4. The van der Waals surface area contributed by atoms with Gasteiger partial charge in [-0.15, -0.1) is 0 Å². The molecule has 0 fully saturated rings. The van der Waals surface area contributed by atoms with E-state index in [1.54, 1.807) is 14.2 Å². The molecule has 6 nitrogen and oxygen atoms in total. The van der Waals surface area contributed by atoms with Gasteiger partial charge in [-0.1, -0.05) is 18.2 Å². The summed E-state index contributed by atoms with van der Waals surface area (Å²) in [7, 11) is 3.29. The van der Waals surface area contributed by atoms with Crippen molar-refractivity contribution in [2.24, 2.45) is 5.10 Å². The molecule has 0 radical (unpaired) electrons. The number of methoxy groups -OCH3 is 2. The summed E-state index contributed by atoms with van der Waals surface area (Å²) >= 11 is 0. The predicted molar refractivity (Wildman–Crippen MR) is 123 cm³/mol. The molecule has 0 aromatic heterocycles. The average Bonchev–Trinajstić information content (AvgIpc) is 3.30. The topological polar surface area (TPSA) is 52.5 Å². The van der Waals surface area contributed by atoms with Crippen LogP contribution in [-0.2, 0) is 0 Å². The summed E-state index contributed by atoms with van der Waals surface area (Å²) in [5.41, 5.74) is 4.19. The molecule has 5 rings (SSSR count). The molecule has 0 N–H and O–H groups in total. The first-order valence-corrected chi connectivity index (χ1v) is 10.8. The van der Waals surface area contributed by atoms with Crippen LogP contribution in [0, 0.1) is 0 Å². The van der Waals surface area contributed by atoms with Crippen LogP contribution in [0.1, 0.15) is 42.3 Å². The molecular formula is C26H26N2O4. The molecule has 2 aliphatic rings. The Morgan fingerprint density at radius 3 is 2.50 bits per heavy atom. The van der Waals surface area contributed by atoms with E-state index < -0.39 is 0 Å². The molecule has 0 amide bonds. The Morgan fingerprint density at radius 1 is 0.969 bits per heavy atom. The second-order valence-corrected chi connectivity index (χ2v) is 7.73. The van der Waals surface area contributed by atoms with Crippen molar-refractivity contribution in [1.29, 1.82) is 0 Å². The van der Waals surface area contributed by atoms with Crippen LogP contribution in [-0.4, -0.2) is 31.5 Å². The Morgan fingerprint density at radius 2 is 1.75 bits per heavy atom. The lowest BCUT2D eigenvalue weighted by Gasteiger charge is -2.38. The summed E-state index contributed by atoms with van der Waals surface area (Å²) in [4.78, 5) is 0. The average molecular weight is 431 g/mol. The van der Waals surface area contributed by atoms with Gasteiger partial charge in [-0.3, -0.25) is 0 Å². The fourth-order valence-electron chi connectivity index (χ4n) is 4.34. The Labute approximate surface area is 188 Å². The molecule has 2 atom stereocenters. The minimum absolute atomic E-state index is 0.0969. The monoisotopic (exact) mass is 430 g/mol. The maximum absolute atomic E-state index is 6.43. The minimum atomic E-state index is -0.316. The summed E-state index contributed by atoms with van der Waals surface area (Å²) in [6.07, 6.45) is 0.465.